The number of aromatic nitrogens is 4. The Kier molecular flexibility index (Phi) is 6.53. The molecule has 1 N–H and O–H groups in total. The number of hydrogen-bond acceptors (Lipinski definition) is 7. The van der Waals surface area contributed by atoms with Crippen molar-refractivity contribution in [2.75, 3.05) is 11.1 Å². The van der Waals surface area contributed by atoms with Crippen LogP contribution in [-0.4, -0.2) is 31.4 Å². The fourth-order valence-electron chi connectivity index (χ4n) is 3.11. The third kappa shape index (κ3) is 5.05. The van der Waals surface area contributed by atoms with Crippen molar-refractivity contribution in [2.24, 2.45) is 5.92 Å². The van der Waals surface area contributed by atoms with Crippen LogP contribution in [0.15, 0.2) is 58.3 Å². The van der Waals surface area contributed by atoms with Crippen molar-refractivity contribution >= 4 is 34.1 Å². The van der Waals surface area contributed by atoms with Gasteiger partial charge >= 0.3 is 0 Å². The molecule has 0 fully saturated rings. The number of nitrogens with zero attached hydrogens (tertiary/aromatic N) is 4. The van der Waals surface area contributed by atoms with E-state index in [1.165, 1.54) is 23.1 Å². The van der Waals surface area contributed by atoms with Crippen LogP contribution in [0.2, 0.25) is 0 Å². The number of thioether (sulfide) groups is 1. The maximum Gasteiger partial charge on any atom is 0.236 e. The van der Waals surface area contributed by atoms with E-state index in [0.29, 0.717) is 27.8 Å². The Morgan fingerprint density at radius 2 is 2.00 bits per heavy atom. The van der Waals surface area contributed by atoms with Crippen LogP contribution in [0.1, 0.15) is 18.7 Å². The topological polar surface area (TPSA) is 85.8 Å². The number of anilines is 1. The van der Waals surface area contributed by atoms with Gasteiger partial charge in [0.05, 0.1) is 17.7 Å². The van der Waals surface area contributed by atoms with Crippen LogP contribution < -0.4 is 5.32 Å². The first-order valence-electron chi connectivity index (χ1n) is 9.94. The Bertz CT molecular complexity index is 1150. The monoisotopic (exact) mass is 453 g/mol. The summed E-state index contributed by atoms with van der Waals surface area (Å²) in [6.45, 7) is 7.00. The van der Waals surface area contributed by atoms with Crippen LogP contribution in [0, 0.1) is 12.8 Å². The zero-order chi connectivity index (χ0) is 21.8. The Labute approximate surface area is 188 Å². The molecule has 4 rings (SSSR count). The van der Waals surface area contributed by atoms with Crippen molar-refractivity contribution in [3.63, 3.8) is 0 Å². The van der Waals surface area contributed by atoms with Crippen molar-refractivity contribution in [3.8, 4) is 22.8 Å². The van der Waals surface area contributed by atoms with Gasteiger partial charge in [0.25, 0.3) is 0 Å². The second kappa shape index (κ2) is 9.49. The summed E-state index contributed by atoms with van der Waals surface area (Å²) >= 11 is 2.83. The van der Waals surface area contributed by atoms with Gasteiger partial charge in [0.1, 0.15) is 0 Å². The van der Waals surface area contributed by atoms with Crippen LogP contribution in [0.5, 0.6) is 0 Å². The fourth-order valence-corrected chi connectivity index (χ4v) is 4.71. The average Bonchev–Trinajstić information content (AvgIpc) is 3.47. The molecule has 0 saturated heterocycles. The lowest BCUT2D eigenvalue weighted by molar-refractivity contribution is -0.113. The molecule has 0 atom stereocenters. The second-order valence-electron chi connectivity index (χ2n) is 7.41. The Morgan fingerprint density at radius 3 is 2.71 bits per heavy atom. The standard InChI is InChI=1S/C22H23N5O2S2/c1-14(2)12-27-20(17-10-7-11-29-17)25-26-22(27)30-13-18(28)23-21-24-19(15(3)31-21)16-8-5-4-6-9-16/h4-11,14H,12-13H2,1-3H3,(H,23,24,28). The number of furan rings is 1. The molecule has 9 heteroatoms. The van der Waals surface area contributed by atoms with Gasteiger partial charge in [-0.1, -0.05) is 55.9 Å². The second-order valence-corrected chi connectivity index (χ2v) is 9.56. The van der Waals surface area contributed by atoms with Crippen LogP contribution in [0.25, 0.3) is 22.8 Å². The maximum absolute atomic E-state index is 12.6. The molecule has 0 aliphatic rings. The summed E-state index contributed by atoms with van der Waals surface area (Å²) in [7, 11) is 0. The van der Waals surface area contributed by atoms with Crippen LogP contribution in [0.3, 0.4) is 0 Å². The molecular weight excluding hydrogens is 430 g/mol. The SMILES string of the molecule is Cc1sc(NC(=O)CSc2nnc(-c3ccco3)n2CC(C)C)nc1-c1ccccc1. The molecule has 31 heavy (non-hydrogen) atoms. The van der Waals surface area contributed by atoms with E-state index in [-0.39, 0.29) is 11.7 Å². The summed E-state index contributed by atoms with van der Waals surface area (Å²) in [6.07, 6.45) is 1.61. The molecule has 3 aromatic heterocycles. The van der Waals surface area contributed by atoms with E-state index >= 15 is 0 Å². The first-order valence-corrected chi connectivity index (χ1v) is 11.7. The number of benzene rings is 1. The molecule has 1 aromatic carbocycles. The van der Waals surface area contributed by atoms with Crippen molar-refractivity contribution in [1.82, 2.24) is 19.7 Å². The summed E-state index contributed by atoms with van der Waals surface area (Å²) in [5.41, 5.74) is 1.94. The van der Waals surface area contributed by atoms with Crippen LogP contribution >= 0.6 is 23.1 Å². The molecule has 0 aliphatic carbocycles. The predicted octanol–water partition coefficient (Wildman–Crippen LogP) is 5.36. The smallest absolute Gasteiger partial charge is 0.236 e. The largest absolute Gasteiger partial charge is 0.461 e. The van der Waals surface area contributed by atoms with Gasteiger partial charge in [0.2, 0.25) is 5.91 Å². The van der Waals surface area contributed by atoms with Gasteiger partial charge in [0, 0.05) is 17.0 Å². The number of rotatable bonds is 8. The molecule has 160 valence electrons. The quantitative estimate of drug-likeness (QED) is 0.362. The van der Waals surface area contributed by atoms with Crippen molar-refractivity contribution in [2.45, 2.75) is 32.5 Å². The van der Waals surface area contributed by atoms with Crippen molar-refractivity contribution < 1.29 is 9.21 Å². The van der Waals surface area contributed by atoms with E-state index in [1.54, 1.807) is 6.26 Å². The maximum atomic E-state index is 12.6. The summed E-state index contributed by atoms with van der Waals surface area (Å²) in [4.78, 5) is 18.2. The molecule has 0 spiro atoms. The van der Waals surface area contributed by atoms with Gasteiger partial charge in [-0.2, -0.15) is 0 Å². The van der Waals surface area contributed by atoms with E-state index in [2.05, 4.69) is 34.3 Å². The molecule has 4 aromatic rings. The Balaban J connectivity index is 1.44. The summed E-state index contributed by atoms with van der Waals surface area (Å²) in [5.74, 6) is 1.82. The lowest BCUT2D eigenvalue weighted by Crippen LogP contribution is -2.15. The zero-order valence-corrected chi connectivity index (χ0v) is 19.2. The highest BCUT2D eigenvalue weighted by Crippen LogP contribution is 2.30. The number of aryl methyl sites for hydroxylation is 1. The normalized spacial score (nSPS) is 11.2. The first-order chi connectivity index (χ1) is 15.0. The van der Waals surface area contributed by atoms with Crippen LogP contribution in [0.4, 0.5) is 5.13 Å². The lowest BCUT2D eigenvalue weighted by atomic mass is 10.1. The Hall–Kier alpha value is -2.91. The molecule has 0 radical (unpaired) electrons. The van der Waals surface area contributed by atoms with Gasteiger partial charge in [0.15, 0.2) is 21.9 Å². The summed E-state index contributed by atoms with van der Waals surface area (Å²) < 4.78 is 7.49. The number of thiazole rings is 1. The van der Waals surface area contributed by atoms with Crippen molar-refractivity contribution in [1.29, 1.82) is 0 Å². The fraction of sp³-hybridized carbons (Fsp3) is 0.273. The molecule has 1 amide bonds. The van der Waals surface area contributed by atoms with Gasteiger partial charge in [-0.15, -0.1) is 21.5 Å². The third-order valence-electron chi connectivity index (χ3n) is 4.43. The molecule has 7 nitrogen and oxygen atoms in total. The van der Waals surface area contributed by atoms with Gasteiger partial charge in [-0.3, -0.25) is 9.36 Å². The number of carbonyl (C=O) groups excluding carboxylic acids is 1. The highest BCUT2D eigenvalue weighted by Gasteiger charge is 2.19. The van der Waals surface area contributed by atoms with Crippen molar-refractivity contribution in [3.05, 3.63) is 53.6 Å². The van der Waals surface area contributed by atoms with E-state index in [9.17, 15) is 4.79 Å². The minimum Gasteiger partial charge on any atom is -0.461 e. The van der Waals surface area contributed by atoms with Gasteiger partial charge < -0.3 is 9.73 Å². The van der Waals surface area contributed by atoms with E-state index in [0.717, 1.165) is 22.7 Å². The van der Waals surface area contributed by atoms with Crippen LogP contribution in [-0.2, 0) is 11.3 Å². The Morgan fingerprint density at radius 1 is 1.19 bits per heavy atom. The van der Waals surface area contributed by atoms with E-state index < -0.39 is 0 Å². The molecule has 0 unspecified atom stereocenters. The summed E-state index contributed by atoms with van der Waals surface area (Å²) in [6, 6.07) is 13.6. The molecule has 3 heterocycles. The number of amides is 1. The highest BCUT2D eigenvalue weighted by atomic mass is 32.2. The van der Waals surface area contributed by atoms with E-state index in [1.807, 2.05) is 54.0 Å². The molecular formula is C22H23N5O2S2. The minimum atomic E-state index is -0.128. The number of carbonyl (C=O) groups is 1. The molecule has 0 bridgehead atoms. The van der Waals surface area contributed by atoms with E-state index in [4.69, 9.17) is 4.42 Å². The number of nitrogens with one attached hydrogen (secondary N) is 1. The highest BCUT2D eigenvalue weighted by molar-refractivity contribution is 7.99. The predicted molar refractivity (Wildman–Crippen MR) is 124 cm³/mol. The number of hydrogen-bond donors (Lipinski definition) is 1. The third-order valence-corrected chi connectivity index (χ3v) is 6.28. The lowest BCUT2D eigenvalue weighted by Gasteiger charge is -2.11. The average molecular weight is 454 g/mol. The zero-order valence-electron chi connectivity index (χ0n) is 17.5. The summed E-state index contributed by atoms with van der Waals surface area (Å²) in [5, 5.41) is 12.8. The van der Waals surface area contributed by atoms with Gasteiger partial charge in [-0.05, 0) is 25.0 Å². The molecule has 0 saturated carbocycles. The first kappa shape index (κ1) is 21.3. The molecule has 0 aliphatic heterocycles. The van der Waals surface area contributed by atoms with Gasteiger partial charge in [-0.25, -0.2) is 4.98 Å². The minimum absolute atomic E-state index is 0.128.